The third kappa shape index (κ3) is 5.11. The fourth-order valence-electron chi connectivity index (χ4n) is 5.09. The summed E-state index contributed by atoms with van der Waals surface area (Å²) in [6.45, 7) is 8.06. The van der Waals surface area contributed by atoms with Gasteiger partial charge in [-0.25, -0.2) is 0 Å². The lowest BCUT2D eigenvalue weighted by Crippen LogP contribution is -2.42. The van der Waals surface area contributed by atoms with Crippen molar-refractivity contribution < 1.29 is 9.59 Å². The van der Waals surface area contributed by atoms with Crippen molar-refractivity contribution in [3.63, 3.8) is 0 Å². The van der Waals surface area contributed by atoms with E-state index in [0.29, 0.717) is 24.7 Å². The quantitative estimate of drug-likeness (QED) is 0.549. The highest BCUT2D eigenvalue weighted by molar-refractivity contribution is 5.77. The molecule has 1 aliphatic carbocycles. The van der Waals surface area contributed by atoms with Crippen LogP contribution in [0.1, 0.15) is 71.6 Å². The van der Waals surface area contributed by atoms with Crippen molar-refractivity contribution in [3.8, 4) is 0 Å². The second kappa shape index (κ2) is 9.05. The lowest BCUT2D eigenvalue weighted by molar-refractivity contribution is -0.135. The first-order chi connectivity index (χ1) is 12.5. The number of rotatable bonds is 5. The van der Waals surface area contributed by atoms with Crippen LogP contribution in [0.15, 0.2) is 11.6 Å². The normalized spacial score (nSPS) is 29.2. The molecule has 4 heteroatoms. The molecule has 0 spiro atoms. The van der Waals surface area contributed by atoms with Crippen molar-refractivity contribution in [1.29, 1.82) is 0 Å². The Kier molecular flexibility index (Phi) is 6.77. The number of hydrogen-bond acceptors (Lipinski definition) is 2. The maximum absolute atomic E-state index is 12.5. The number of fused-ring (bicyclic) bond motifs is 1. The topological polar surface area (TPSA) is 40.6 Å². The molecule has 3 rings (SSSR count). The molecular formula is C22H36N2O2. The lowest BCUT2D eigenvalue weighted by atomic mass is 9.82. The molecule has 0 N–H and O–H groups in total. The standard InChI is InChI=1S/C22H36N2O2/c1-17-13-18(2)15-24(14-17)22(26)10-6-5-9-21(25)23-12-11-19-7-3-4-8-20(19)16-23/h8,17-19H,3-7,9-16H2,1-2H3. The average molecular weight is 361 g/mol. The van der Waals surface area contributed by atoms with Crippen molar-refractivity contribution >= 4 is 11.8 Å². The van der Waals surface area contributed by atoms with Crippen LogP contribution < -0.4 is 0 Å². The van der Waals surface area contributed by atoms with Crippen molar-refractivity contribution in [3.05, 3.63) is 11.6 Å². The SMILES string of the molecule is CC1CC(C)CN(C(=O)CCCCC(=O)N2CCC3CCCC=C3C2)C1. The van der Waals surface area contributed by atoms with Gasteiger partial charge in [0.15, 0.2) is 0 Å². The number of allylic oxidation sites excluding steroid dienone is 1. The molecule has 2 amide bonds. The van der Waals surface area contributed by atoms with Crippen LogP contribution in [0.25, 0.3) is 0 Å². The Hall–Kier alpha value is -1.32. The van der Waals surface area contributed by atoms with Gasteiger partial charge in [0.25, 0.3) is 0 Å². The van der Waals surface area contributed by atoms with Crippen LogP contribution in [-0.2, 0) is 9.59 Å². The minimum Gasteiger partial charge on any atom is -0.342 e. The van der Waals surface area contributed by atoms with E-state index < -0.39 is 0 Å². The van der Waals surface area contributed by atoms with Crippen LogP contribution >= 0.6 is 0 Å². The van der Waals surface area contributed by atoms with Gasteiger partial charge in [0, 0.05) is 39.0 Å². The van der Waals surface area contributed by atoms with E-state index in [4.69, 9.17) is 0 Å². The largest absolute Gasteiger partial charge is 0.342 e. The minimum atomic E-state index is 0.280. The van der Waals surface area contributed by atoms with E-state index in [2.05, 4.69) is 19.9 Å². The van der Waals surface area contributed by atoms with Crippen molar-refractivity contribution in [2.75, 3.05) is 26.2 Å². The molecular weight excluding hydrogens is 324 g/mol. The highest BCUT2D eigenvalue weighted by Gasteiger charge is 2.28. The number of likely N-dealkylation sites (tertiary alicyclic amines) is 2. The van der Waals surface area contributed by atoms with Crippen LogP contribution in [0.2, 0.25) is 0 Å². The molecule has 2 heterocycles. The van der Waals surface area contributed by atoms with Crippen LogP contribution in [0, 0.1) is 17.8 Å². The molecule has 146 valence electrons. The highest BCUT2D eigenvalue weighted by atomic mass is 16.2. The molecule has 3 unspecified atom stereocenters. The number of carbonyl (C=O) groups is 2. The monoisotopic (exact) mass is 360 g/mol. The van der Waals surface area contributed by atoms with Gasteiger partial charge in [-0.1, -0.05) is 25.5 Å². The Morgan fingerprint density at radius 1 is 1.00 bits per heavy atom. The third-order valence-electron chi connectivity index (χ3n) is 6.41. The summed E-state index contributed by atoms with van der Waals surface area (Å²) < 4.78 is 0. The molecule has 3 atom stereocenters. The summed E-state index contributed by atoms with van der Waals surface area (Å²) in [5, 5.41) is 0. The lowest BCUT2D eigenvalue weighted by Gasteiger charge is -2.36. The van der Waals surface area contributed by atoms with Gasteiger partial charge < -0.3 is 9.80 Å². The first-order valence-electron chi connectivity index (χ1n) is 10.8. The Morgan fingerprint density at radius 3 is 2.35 bits per heavy atom. The smallest absolute Gasteiger partial charge is 0.222 e. The maximum Gasteiger partial charge on any atom is 0.222 e. The Morgan fingerprint density at radius 2 is 1.65 bits per heavy atom. The Labute approximate surface area is 159 Å². The van der Waals surface area contributed by atoms with Crippen LogP contribution in [0.5, 0.6) is 0 Å². The molecule has 0 bridgehead atoms. The fourth-order valence-corrected chi connectivity index (χ4v) is 5.09. The van der Waals surface area contributed by atoms with E-state index >= 15 is 0 Å². The van der Waals surface area contributed by atoms with E-state index in [-0.39, 0.29) is 11.8 Å². The predicted octanol–water partition coefficient (Wildman–Crippen LogP) is 4.01. The molecule has 26 heavy (non-hydrogen) atoms. The van der Waals surface area contributed by atoms with Crippen LogP contribution in [0.3, 0.4) is 0 Å². The van der Waals surface area contributed by atoms with E-state index in [1.807, 2.05) is 9.80 Å². The van der Waals surface area contributed by atoms with Gasteiger partial charge in [0.1, 0.15) is 0 Å². The van der Waals surface area contributed by atoms with E-state index in [1.165, 1.54) is 31.3 Å². The second-order valence-corrected chi connectivity index (χ2v) is 8.96. The summed E-state index contributed by atoms with van der Waals surface area (Å²) in [7, 11) is 0. The van der Waals surface area contributed by atoms with Gasteiger partial charge in [-0.3, -0.25) is 9.59 Å². The highest BCUT2D eigenvalue weighted by Crippen LogP contribution is 2.32. The molecule has 0 aromatic rings. The molecule has 3 aliphatic rings. The van der Waals surface area contributed by atoms with Gasteiger partial charge in [0.05, 0.1) is 0 Å². The number of amides is 2. The predicted molar refractivity (Wildman–Crippen MR) is 105 cm³/mol. The zero-order valence-electron chi connectivity index (χ0n) is 16.7. The first kappa shape index (κ1) is 19.4. The van der Waals surface area contributed by atoms with Crippen molar-refractivity contribution in [2.24, 2.45) is 17.8 Å². The van der Waals surface area contributed by atoms with Gasteiger partial charge in [0.2, 0.25) is 11.8 Å². The van der Waals surface area contributed by atoms with Crippen LogP contribution in [0.4, 0.5) is 0 Å². The number of unbranched alkanes of at least 4 members (excludes halogenated alkanes) is 1. The molecule has 0 radical (unpaired) electrons. The van der Waals surface area contributed by atoms with Crippen LogP contribution in [-0.4, -0.2) is 47.8 Å². The molecule has 2 saturated heterocycles. The Bertz CT molecular complexity index is 532. The zero-order chi connectivity index (χ0) is 18.5. The number of carbonyl (C=O) groups excluding carboxylic acids is 2. The molecule has 2 fully saturated rings. The first-order valence-corrected chi connectivity index (χ1v) is 10.8. The summed E-state index contributed by atoms with van der Waals surface area (Å²) in [5.74, 6) is 2.52. The number of piperidine rings is 2. The average Bonchev–Trinajstić information content (AvgIpc) is 2.63. The van der Waals surface area contributed by atoms with E-state index in [0.717, 1.165) is 51.4 Å². The van der Waals surface area contributed by atoms with Gasteiger partial charge in [-0.15, -0.1) is 0 Å². The van der Waals surface area contributed by atoms with Crippen molar-refractivity contribution in [1.82, 2.24) is 9.80 Å². The minimum absolute atomic E-state index is 0.280. The number of nitrogens with zero attached hydrogens (tertiary/aromatic N) is 2. The summed E-state index contributed by atoms with van der Waals surface area (Å²) in [6.07, 6.45) is 11.4. The zero-order valence-corrected chi connectivity index (χ0v) is 16.7. The summed E-state index contributed by atoms with van der Waals surface area (Å²) >= 11 is 0. The second-order valence-electron chi connectivity index (χ2n) is 8.96. The van der Waals surface area contributed by atoms with Crippen molar-refractivity contribution in [2.45, 2.75) is 71.6 Å². The maximum atomic E-state index is 12.5. The third-order valence-corrected chi connectivity index (χ3v) is 6.41. The van der Waals surface area contributed by atoms with E-state index in [9.17, 15) is 9.59 Å². The summed E-state index contributed by atoms with van der Waals surface area (Å²) in [5.41, 5.74) is 1.50. The summed E-state index contributed by atoms with van der Waals surface area (Å²) in [4.78, 5) is 29.0. The van der Waals surface area contributed by atoms with Gasteiger partial charge in [-0.05, 0) is 62.7 Å². The molecule has 0 aromatic heterocycles. The molecule has 0 saturated carbocycles. The molecule has 2 aliphatic heterocycles. The fraction of sp³-hybridized carbons (Fsp3) is 0.818. The van der Waals surface area contributed by atoms with E-state index in [1.54, 1.807) is 0 Å². The number of hydrogen-bond donors (Lipinski definition) is 0. The van der Waals surface area contributed by atoms with Gasteiger partial charge >= 0.3 is 0 Å². The summed E-state index contributed by atoms with van der Waals surface area (Å²) in [6, 6.07) is 0. The van der Waals surface area contributed by atoms with Gasteiger partial charge in [-0.2, -0.15) is 0 Å². The Balaban J connectivity index is 1.35. The molecule has 4 nitrogen and oxygen atoms in total. The molecule has 0 aromatic carbocycles.